The van der Waals surface area contributed by atoms with Crippen LogP contribution < -0.4 is 11.5 Å². The average Bonchev–Trinajstić information content (AvgIpc) is 2.02. The van der Waals surface area contributed by atoms with E-state index in [2.05, 4.69) is 6.92 Å². The van der Waals surface area contributed by atoms with E-state index in [1.165, 1.54) is 44.9 Å². The Morgan fingerprint density at radius 2 is 1.33 bits per heavy atom. The maximum atomic E-state index is 5.43. The molecule has 0 aromatic heterocycles. The van der Waals surface area contributed by atoms with Crippen LogP contribution in [0.2, 0.25) is 0 Å². The van der Waals surface area contributed by atoms with E-state index in [0.29, 0.717) is 0 Å². The Morgan fingerprint density at radius 1 is 0.833 bits per heavy atom. The Hall–Kier alpha value is -0.0800. The summed E-state index contributed by atoms with van der Waals surface area (Å²) in [5.41, 5.74) is 10.9. The van der Waals surface area contributed by atoms with Gasteiger partial charge in [-0.15, -0.1) is 0 Å². The molecule has 0 amide bonds. The van der Waals surface area contributed by atoms with Crippen molar-refractivity contribution in [2.75, 3.05) is 0 Å². The van der Waals surface area contributed by atoms with Gasteiger partial charge in [0.2, 0.25) is 0 Å². The van der Waals surface area contributed by atoms with Crippen molar-refractivity contribution in [2.24, 2.45) is 11.5 Å². The molecule has 0 saturated carbocycles. The monoisotopic (exact) mass is 172 g/mol. The van der Waals surface area contributed by atoms with Gasteiger partial charge in [-0.1, -0.05) is 51.9 Å². The first-order valence-electron chi connectivity index (χ1n) is 5.28. The summed E-state index contributed by atoms with van der Waals surface area (Å²) >= 11 is 0. The topological polar surface area (TPSA) is 52.0 Å². The highest BCUT2D eigenvalue weighted by Gasteiger charge is 1.94. The molecule has 0 spiro atoms. The van der Waals surface area contributed by atoms with Gasteiger partial charge in [-0.2, -0.15) is 0 Å². The molecule has 0 bridgehead atoms. The average molecular weight is 172 g/mol. The van der Waals surface area contributed by atoms with Gasteiger partial charge in [0.15, 0.2) is 0 Å². The molecule has 0 atom stereocenters. The summed E-state index contributed by atoms with van der Waals surface area (Å²) in [6.45, 7) is 2.24. The van der Waals surface area contributed by atoms with Gasteiger partial charge < -0.3 is 11.5 Å². The van der Waals surface area contributed by atoms with Gasteiger partial charge in [-0.25, -0.2) is 0 Å². The highest BCUT2D eigenvalue weighted by atomic mass is 14.8. The molecule has 0 aromatic carbocycles. The number of hydrogen-bond acceptors (Lipinski definition) is 2. The van der Waals surface area contributed by atoms with Crippen molar-refractivity contribution < 1.29 is 0 Å². The number of hydrogen-bond donors (Lipinski definition) is 2. The summed E-state index contributed by atoms with van der Waals surface area (Å²) in [5.74, 6) is 0. The molecule has 0 aromatic rings. The van der Waals surface area contributed by atoms with Gasteiger partial charge in [0.25, 0.3) is 0 Å². The first-order chi connectivity index (χ1) is 5.77. The highest BCUT2D eigenvalue weighted by Crippen LogP contribution is 2.08. The fraction of sp³-hybridized carbons (Fsp3) is 1.00. The van der Waals surface area contributed by atoms with E-state index in [1.807, 2.05) is 0 Å². The minimum absolute atomic E-state index is 0.0966. The second-order valence-electron chi connectivity index (χ2n) is 3.57. The normalized spacial score (nSPS) is 11.0. The summed E-state index contributed by atoms with van der Waals surface area (Å²) in [4.78, 5) is 0. The Labute approximate surface area is 76.7 Å². The van der Waals surface area contributed by atoms with Gasteiger partial charge >= 0.3 is 0 Å². The Bertz CT molecular complexity index is 81.9. The molecule has 0 aliphatic rings. The highest BCUT2D eigenvalue weighted by molar-refractivity contribution is 4.51. The lowest BCUT2D eigenvalue weighted by Crippen LogP contribution is -2.29. The van der Waals surface area contributed by atoms with Crippen molar-refractivity contribution in [3.63, 3.8) is 0 Å². The molecule has 12 heavy (non-hydrogen) atoms. The summed E-state index contributed by atoms with van der Waals surface area (Å²) in [6.07, 6.45) is 10.2. The maximum absolute atomic E-state index is 5.43. The molecule has 0 aliphatic heterocycles. The summed E-state index contributed by atoms with van der Waals surface area (Å²) in [5, 5.41) is 0. The third kappa shape index (κ3) is 9.92. The number of unbranched alkanes of at least 4 members (excludes halogenated alkanes) is 6. The first-order valence-corrected chi connectivity index (χ1v) is 5.28. The van der Waals surface area contributed by atoms with Crippen LogP contribution in [0.15, 0.2) is 0 Å². The van der Waals surface area contributed by atoms with Crippen LogP contribution in [-0.2, 0) is 0 Å². The van der Waals surface area contributed by atoms with E-state index in [9.17, 15) is 0 Å². The lowest BCUT2D eigenvalue weighted by atomic mass is 10.1. The van der Waals surface area contributed by atoms with Crippen LogP contribution in [0.25, 0.3) is 0 Å². The summed E-state index contributed by atoms with van der Waals surface area (Å²) < 4.78 is 0. The van der Waals surface area contributed by atoms with E-state index < -0.39 is 0 Å². The second-order valence-corrected chi connectivity index (χ2v) is 3.57. The number of nitrogens with two attached hydrogens (primary N) is 2. The third-order valence-corrected chi connectivity index (χ3v) is 2.14. The van der Waals surface area contributed by atoms with E-state index in [4.69, 9.17) is 11.5 Å². The van der Waals surface area contributed by atoms with Gasteiger partial charge in [0.05, 0.1) is 6.17 Å². The van der Waals surface area contributed by atoms with E-state index in [0.717, 1.165) is 6.42 Å². The Kier molecular flexibility index (Phi) is 8.95. The van der Waals surface area contributed by atoms with E-state index >= 15 is 0 Å². The van der Waals surface area contributed by atoms with Crippen LogP contribution in [-0.4, -0.2) is 6.17 Å². The minimum atomic E-state index is -0.0966. The second kappa shape index (κ2) is 9.01. The van der Waals surface area contributed by atoms with Crippen LogP contribution in [0.3, 0.4) is 0 Å². The SMILES string of the molecule is CCCCCCCCCC(N)N. The van der Waals surface area contributed by atoms with Crippen LogP contribution in [0.5, 0.6) is 0 Å². The van der Waals surface area contributed by atoms with Gasteiger partial charge in [0, 0.05) is 0 Å². The zero-order valence-electron chi connectivity index (χ0n) is 8.39. The maximum Gasteiger partial charge on any atom is 0.0520 e. The van der Waals surface area contributed by atoms with Crippen molar-refractivity contribution >= 4 is 0 Å². The predicted molar refractivity (Wildman–Crippen MR) is 54.8 cm³/mol. The molecular weight excluding hydrogens is 148 g/mol. The molecule has 0 aliphatic carbocycles. The molecule has 0 saturated heterocycles. The lowest BCUT2D eigenvalue weighted by molar-refractivity contribution is 0.538. The van der Waals surface area contributed by atoms with Crippen molar-refractivity contribution in [3.05, 3.63) is 0 Å². The molecule has 4 N–H and O–H groups in total. The van der Waals surface area contributed by atoms with Gasteiger partial charge in [0.1, 0.15) is 0 Å². The van der Waals surface area contributed by atoms with Crippen molar-refractivity contribution in [2.45, 2.75) is 64.5 Å². The van der Waals surface area contributed by atoms with Gasteiger partial charge in [-0.05, 0) is 6.42 Å². The van der Waals surface area contributed by atoms with Crippen LogP contribution >= 0.6 is 0 Å². The van der Waals surface area contributed by atoms with Crippen LogP contribution in [0, 0.1) is 0 Å². The molecule has 0 rings (SSSR count). The molecule has 74 valence electrons. The fourth-order valence-electron chi connectivity index (χ4n) is 1.34. The zero-order chi connectivity index (χ0) is 9.23. The molecule has 2 nitrogen and oxygen atoms in total. The van der Waals surface area contributed by atoms with Gasteiger partial charge in [-0.3, -0.25) is 0 Å². The quantitative estimate of drug-likeness (QED) is 0.436. The third-order valence-electron chi connectivity index (χ3n) is 2.14. The van der Waals surface area contributed by atoms with E-state index in [1.54, 1.807) is 0 Å². The molecule has 0 fully saturated rings. The van der Waals surface area contributed by atoms with E-state index in [-0.39, 0.29) is 6.17 Å². The van der Waals surface area contributed by atoms with Crippen molar-refractivity contribution in [3.8, 4) is 0 Å². The Balaban J connectivity index is 2.82. The molecule has 0 heterocycles. The van der Waals surface area contributed by atoms with Crippen molar-refractivity contribution in [1.29, 1.82) is 0 Å². The van der Waals surface area contributed by atoms with Crippen LogP contribution in [0.4, 0.5) is 0 Å². The standard InChI is InChI=1S/C10H24N2/c1-2-3-4-5-6-7-8-9-10(11)12/h10H,2-9,11-12H2,1H3. The molecule has 2 heteroatoms. The number of rotatable bonds is 8. The zero-order valence-corrected chi connectivity index (χ0v) is 8.39. The summed E-state index contributed by atoms with van der Waals surface area (Å²) in [6, 6.07) is 0. The Morgan fingerprint density at radius 3 is 1.83 bits per heavy atom. The molecular formula is C10H24N2. The van der Waals surface area contributed by atoms with Crippen LogP contribution in [0.1, 0.15) is 58.3 Å². The fourth-order valence-corrected chi connectivity index (χ4v) is 1.34. The van der Waals surface area contributed by atoms with Crippen molar-refractivity contribution in [1.82, 2.24) is 0 Å². The first kappa shape index (κ1) is 11.9. The summed E-state index contributed by atoms with van der Waals surface area (Å²) in [7, 11) is 0. The molecule has 0 radical (unpaired) electrons. The largest absolute Gasteiger partial charge is 0.316 e. The predicted octanol–water partition coefficient (Wildman–Crippen LogP) is 2.37. The smallest absolute Gasteiger partial charge is 0.0520 e. The minimum Gasteiger partial charge on any atom is -0.316 e. The lowest BCUT2D eigenvalue weighted by Gasteiger charge is -2.04. The molecule has 0 unspecified atom stereocenters.